The molecule has 0 bridgehead atoms. The molecule has 6 heteroatoms. The third-order valence-corrected chi connectivity index (χ3v) is 3.49. The summed E-state index contributed by atoms with van der Waals surface area (Å²) in [5.41, 5.74) is -0.879. The summed E-state index contributed by atoms with van der Waals surface area (Å²) in [5, 5.41) is 2.60. The molecule has 1 aliphatic heterocycles. The highest BCUT2D eigenvalue weighted by atomic mass is 79.9. The molecule has 1 amide bonds. The second-order valence-corrected chi connectivity index (χ2v) is 5.32. The Morgan fingerprint density at radius 1 is 1.35 bits per heavy atom. The van der Waals surface area contributed by atoms with E-state index in [1.807, 2.05) is 0 Å². The van der Waals surface area contributed by atoms with Crippen LogP contribution in [0.2, 0.25) is 0 Å². The second-order valence-electron chi connectivity index (χ2n) is 4.40. The number of benzene rings is 1. The molecule has 0 radical (unpaired) electrons. The maximum absolute atomic E-state index is 12.9. The number of fused-ring (bicyclic) bond motifs is 1. The first-order valence-corrected chi connectivity index (χ1v) is 5.87. The van der Waals surface area contributed by atoms with Crippen LogP contribution in [-0.4, -0.2) is 17.4 Å². The maximum atomic E-state index is 12.9. The SMILES string of the molecule is O=C1Nc2ccc(Br)cc2OC12CC(F)(F)C2. The lowest BCUT2D eigenvalue weighted by Gasteiger charge is -2.47. The fourth-order valence-electron chi connectivity index (χ4n) is 2.19. The number of ether oxygens (including phenoxy) is 1. The second kappa shape index (κ2) is 3.19. The number of hydrogen-bond donors (Lipinski definition) is 1. The predicted octanol–water partition coefficient (Wildman–Crippen LogP) is 2.95. The van der Waals surface area contributed by atoms with Crippen molar-refractivity contribution in [2.24, 2.45) is 0 Å². The minimum atomic E-state index is -2.80. The van der Waals surface area contributed by atoms with Gasteiger partial charge in [-0.1, -0.05) is 15.9 Å². The zero-order valence-corrected chi connectivity index (χ0v) is 10.2. The largest absolute Gasteiger partial charge is 0.475 e. The molecule has 1 aromatic rings. The first-order chi connectivity index (χ1) is 7.90. The van der Waals surface area contributed by atoms with E-state index >= 15 is 0 Å². The van der Waals surface area contributed by atoms with E-state index in [0.29, 0.717) is 11.4 Å². The number of hydrogen-bond acceptors (Lipinski definition) is 2. The van der Waals surface area contributed by atoms with Crippen LogP contribution in [0.15, 0.2) is 22.7 Å². The van der Waals surface area contributed by atoms with Crippen molar-refractivity contribution in [2.75, 3.05) is 5.32 Å². The van der Waals surface area contributed by atoms with Gasteiger partial charge >= 0.3 is 0 Å². The highest BCUT2D eigenvalue weighted by Gasteiger charge is 2.64. The predicted molar refractivity (Wildman–Crippen MR) is 60.3 cm³/mol. The number of carbonyl (C=O) groups is 1. The highest BCUT2D eigenvalue weighted by molar-refractivity contribution is 9.10. The Hall–Kier alpha value is -1.17. The van der Waals surface area contributed by atoms with Crippen LogP contribution in [0.25, 0.3) is 0 Å². The van der Waals surface area contributed by atoms with E-state index in [1.54, 1.807) is 18.2 Å². The first-order valence-electron chi connectivity index (χ1n) is 5.08. The van der Waals surface area contributed by atoms with E-state index in [-0.39, 0.29) is 0 Å². The summed E-state index contributed by atoms with van der Waals surface area (Å²) in [4.78, 5) is 11.8. The number of halogens is 3. The summed E-state index contributed by atoms with van der Waals surface area (Å²) in [6, 6.07) is 5.07. The minimum Gasteiger partial charge on any atom is -0.475 e. The molecular weight excluding hydrogens is 296 g/mol. The average molecular weight is 304 g/mol. The Kier molecular flexibility index (Phi) is 2.05. The topological polar surface area (TPSA) is 38.3 Å². The molecule has 1 saturated carbocycles. The van der Waals surface area contributed by atoms with Gasteiger partial charge in [-0.3, -0.25) is 4.79 Å². The van der Waals surface area contributed by atoms with Gasteiger partial charge in [-0.2, -0.15) is 0 Å². The average Bonchev–Trinajstić information content (AvgIpc) is 2.17. The molecule has 17 heavy (non-hydrogen) atoms. The summed E-state index contributed by atoms with van der Waals surface area (Å²) in [6.45, 7) is 0. The molecular formula is C11H8BrF2NO2. The smallest absolute Gasteiger partial charge is 0.269 e. The van der Waals surface area contributed by atoms with Crippen LogP contribution in [0, 0.1) is 0 Å². The van der Waals surface area contributed by atoms with Crippen LogP contribution in [0.3, 0.4) is 0 Å². The van der Waals surface area contributed by atoms with E-state index in [9.17, 15) is 13.6 Å². The quantitative estimate of drug-likeness (QED) is 0.800. The number of nitrogens with one attached hydrogen (secondary N) is 1. The van der Waals surface area contributed by atoms with Crippen LogP contribution in [0.1, 0.15) is 12.8 Å². The first kappa shape index (κ1) is 11.0. The van der Waals surface area contributed by atoms with Crippen molar-refractivity contribution in [3.63, 3.8) is 0 Å². The summed E-state index contributed by atoms with van der Waals surface area (Å²) in [5.74, 6) is -2.87. The molecule has 0 aromatic heterocycles. The lowest BCUT2D eigenvalue weighted by atomic mass is 9.75. The molecule has 1 aromatic carbocycles. The van der Waals surface area contributed by atoms with Crippen molar-refractivity contribution in [1.29, 1.82) is 0 Å². The van der Waals surface area contributed by atoms with Crippen LogP contribution < -0.4 is 10.1 Å². The van der Waals surface area contributed by atoms with E-state index in [0.717, 1.165) is 4.47 Å². The van der Waals surface area contributed by atoms with E-state index < -0.39 is 30.3 Å². The van der Waals surface area contributed by atoms with Crippen molar-refractivity contribution in [1.82, 2.24) is 0 Å². The van der Waals surface area contributed by atoms with Gasteiger partial charge < -0.3 is 10.1 Å². The van der Waals surface area contributed by atoms with E-state index in [1.165, 1.54) is 0 Å². The Morgan fingerprint density at radius 3 is 2.71 bits per heavy atom. The zero-order valence-electron chi connectivity index (χ0n) is 8.60. The van der Waals surface area contributed by atoms with Gasteiger partial charge in [0.1, 0.15) is 5.75 Å². The van der Waals surface area contributed by atoms with Gasteiger partial charge in [0.15, 0.2) is 5.60 Å². The molecule has 3 nitrogen and oxygen atoms in total. The molecule has 3 rings (SSSR count). The Bertz CT molecular complexity index is 510. The number of amides is 1. The highest BCUT2D eigenvalue weighted by Crippen LogP contribution is 2.51. The number of anilines is 1. The number of rotatable bonds is 0. The Labute approximate surface area is 104 Å². The van der Waals surface area contributed by atoms with E-state index in [2.05, 4.69) is 21.2 Å². The zero-order chi connectivity index (χ0) is 12.3. The molecule has 0 unspecified atom stereocenters. The Morgan fingerprint density at radius 2 is 2.06 bits per heavy atom. The molecule has 1 fully saturated rings. The van der Waals surface area contributed by atoms with Gasteiger partial charge in [-0.15, -0.1) is 0 Å². The fraction of sp³-hybridized carbons (Fsp3) is 0.364. The van der Waals surface area contributed by atoms with Crippen molar-refractivity contribution in [3.05, 3.63) is 22.7 Å². The molecule has 1 spiro atoms. The van der Waals surface area contributed by atoms with Gasteiger partial charge in [-0.25, -0.2) is 8.78 Å². The summed E-state index contributed by atoms with van der Waals surface area (Å²) in [7, 11) is 0. The standard InChI is InChI=1S/C11H8BrF2NO2/c12-6-1-2-7-8(3-6)17-10(9(16)15-7)4-11(13,14)5-10/h1-3H,4-5H2,(H,15,16). The summed E-state index contributed by atoms with van der Waals surface area (Å²) >= 11 is 3.26. The summed E-state index contributed by atoms with van der Waals surface area (Å²) in [6.07, 6.45) is -1.12. The molecule has 90 valence electrons. The molecule has 1 N–H and O–H groups in total. The fourth-order valence-corrected chi connectivity index (χ4v) is 2.53. The Balaban J connectivity index is 1.96. The third kappa shape index (κ3) is 1.62. The van der Waals surface area contributed by atoms with Crippen molar-refractivity contribution >= 4 is 27.5 Å². The summed E-state index contributed by atoms with van der Waals surface area (Å²) < 4.78 is 32.1. The number of carbonyl (C=O) groups excluding carboxylic acids is 1. The van der Waals surface area contributed by atoms with Gasteiger partial charge in [0.2, 0.25) is 0 Å². The van der Waals surface area contributed by atoms with Crippen LogP contribution >= 0.6 is 15.9 Å². The third-order valence-electron chi connectivity index (χ3n) is 3.00. The lowest BCUT2D eigenvalue weighted by Crippen LogP contribution is -2.63. The molecule has 1 heterocycles. The van der Waals surface area contributed by atoms with Crippen molar-refractivity contribution in [2.45, 2.75) is 24.4 Å². The molecule has 0 atom stereocenters. The normalized spacial score (nSPS) is 23.4. The van der Waals surface area contributed by atoms with Crippen LogP contribution in [0.5, 0.6) is 5.75 Å². The number of alkyl halides is 2. The molecule has 1 aliphatic carbocycles. The van der Waals surface area contributed by atoms with Gasteiger partial charge in [0, 0.05) is 4.47 Å². The minimum absolute atomic E-state index is 0.425. The monoisotopic (exact) mass is 303 g/mol. The molecule has 0 saturated heterocycles. The lowest BCUT2D eigenvalue weighted by molar-refractivity contribution is -0.196. The van der Waals surface area contributed by atoms with Crippen molar-refractivity contribution < 1.29 is 18.3 Å². The van der Waals surface area contributed by atoms with E-state index in [4.69, 9.17) is 4.74 Å². The van der Waals surface area contributed by atoms with Crippen LogP contribution in [-0.2, 0) is 4.79 Å². The van der Waals surface area contributed by atoms with Gasteiger partial charge in [-0.05, 0) is 18.2 Å². The van der Waals surface area contributed by atoms with Gasteiger partial charge in [0.25, 0.3) is 11.8 Å². The van der Waals surface area contributed by atoms with Gasteiger partial charge in [0.05, 0.1) is 18.5 Å². The van der Waals surface area contributed by atoms with Crippen molar-refractivity contribution in [3.8, 4) is 5.75 Å². The van der Waals surface area contributed by atoms with Crippen LogP contribution in [0.4, 0.5) is 14.5 Å². The molecule has 2 aliphatic rings. The maximum Gasteiger partial charge on any atom is 0.269 e.